The summed E-state index contributed by atoms with van der Waals surface area (Å²) in [6, 6.07) is 0. The normalized spacial score (nSPS) is 13.4. The van der Waals surface area contributed by atoms with Gasteiger partial charge in [0.2, 0.25) is 0 Å². The van der Waals surface area contributed by atoms with E-state index in [1.807, 2.05) is 0 Å². The molecular weight excluding hydrogens is 138 g/mol. The zero-order valence-electron chi connectivity index (χ0n) is 3.44. The van der Waals surface area contributed by atoms with Crippen molar-refractivity contribution in [3.05, 3.63) is 0 Å². The molecule has 0 aromatic rings. The summed E-state index contributed by atoms with van der Waals surface area (Å²) in [6.07, 6.45) is 0. The Hall–Kier alpha value is 0.380. The lowest BCUT2D eigenvalue weighted by atomic mass is 11.9. The molecule has 0 aromatic carbocycles. The third kappa shape index (κ3) is 6.38. The van der Waals surface area contributed by atoms with Crippen molar-refractivity contribution in [3.8, 4) is 0 Å². The predicted molar refractivity (Wildman–Crippen MR) is 27.3 cm³/mol. The van der Waals surface area contributed by atoms with Crippen LogP contribution in [0.4, 0.5) is 0 Å². The van der Waals surface area contributed by atoms with E-state index in [9.17, 15) is 9.13 Å². The van der Waals surface area contributed by atoms with Gasteiger partial charge in [0.1, 0.15) is 0 Å². The van der Waals surface area contributed by atoms with Crippen molar-refractivity contribution < 1.29 is 18.9 Å². The predicted octanol–water partition coefficient (Wildman–Crippen LogP) is -0.122. The summed E-state index contributed by atoms with van der Waals surface area (Å²) >= 11 is 0. The molecule has 0 aromatic heterocycles. The Morgan fingerprint density at radius 1 is 1.57 bits per heavy atom. The first-order valence-electron chi connectivity index (χ1n) is 1.54. The molecule has 7 heavy (non-hydrogen) atoms. The average molecular weight is 144 g/mol. The van der Waals surface area contributed by atoms with Gasteiger partial charge in [-0.25, -0.2) is 0 Å². The lowest BCUT2D eigenvalue weighted by Crippen LogP contribution is -1.74. The van der Waals surface area contributed by atoms with E-state index in [1.54, 1.807) is 0 Å². The molecule has 0 aliphatic heterocycles. The van der Waals surface area contributed by atoms with E-state index in [2.05, 4.69) is 0 Å². The highest BCUT2D eigenvalue weighted by Crippen LogP contribution is 2.37. The molecule has 44 valence electrons. The van der Waals surface area contributed by atoms with E-state index in [1.165, 1.54) is 0 Å². The van der Waals surface area contributed by atoms with Crippen molar-refractivity contribution >= 4 is 16.1 Å². The molecule has 0 fully saturated rings. The quantitative estimate of drug-likeness (QED) is 0.529. The van der Waals surface area contributed by atoms with Crippen LogP contribution in [0, 0.1) is 0 Å². The zero-order valence-corrected chi connectivity index (χ0v) is 5.49. The van der Waals surface area contributed by atoms with Gasteiger partial charge in [0.15, 0.2) is 0 Å². The van der Waals surface area contributed by atoms with Gasteiger partial charge in [-0.05, 0) is 0 Å². The maximum atomic E-state index is 9.75. The highest BCUT2D eigenvalue weighted by Gasteiger charge is 2.08. The van der Waals surface area contributed by atoms with E-state index < -0.39 is 22.0 Å². The van der Waals surface area contributed by atoms with Crippen LogP contribution in [0.5, 0.6) is 0 Å². The van der Waals surface area contributed by atoms with Gasteiger partial charge in [-0.1, -0.05) is 0 Å². The maximum absolute atomic E-state index is 9.75. The van der Waals surface area contributed by atoms with Gasteiger partial charge in [-0.2, -0.15) is 0 Å². The van der Waals surface area contributed by atoms with E-state index in [4.69, 9.17) is 9.79 Å². The fourth-order valence-corrected chi connectivity index (χ4v) is 0.874. The Morgan fingerprint density at radius 3 is 2.00 bits per heavy atom. The average Bonchev–Trinajstić information content (AvgIpc) is 1.30. The van der Waals surface area contributed by atoms with Crippen molar-refractivity contribution in [3.63, 3.8) is 0 Å². The minimum absolute atomic E-state index is 0.465. The van der Waals surface area contributed by atoms with Gasteiger partial charge in [-0.3, -0.25) is 4.57 Å². The lowest BCUT2D eigenvalue weighted by molar-refractivity contribution is 0.379. The molecule has 0 aliphatic carbocycles. The summed E-state index contributed by atoms with van der Waals surface area (Å²) in [5, 5.41) is 0. The Labute approximate surface area is 41.9 Å². The van der Waals surface area contributed by atoms with Gasteiger partial charge in [-0.15, -0.1) is 0 Å². The molecule has 0 amide bonds. The number of rotatable bonds is 2. The molecule has 0 radical (unpaired) electrons. The lowest BCUT2D eigenvalue weighted by Gasteiger charge is -1.92. The maximum Gasteiger partial charge on any atom is 0.332 e. The van der Waals surface area contributed by atoms with E-state index in [0.29, 0.717) is 0 Å². The smallest absolute Gasteiger partial charge is 0.329 e. The molecule has 1 unspecified atom stereocenters. The van der Waals surface area contributed by atoms with Gasteiger partial charge in [0.25, 0.3) is 0 Å². The van der Waals surface area contributed by atoms with Crippen LogP contribution in [0.3, 0.4) is 0 Å². The van der Waals surface area contributed by atoms with Crippen LogP contribution in [0.2, 0.25) is 0 Å². The summed E-state index contributed by atoms with van der Waals surface area (Å²) in [5.41, 5.74) is 0. The van der Waals surface area contributed by atoms with E-state index in [0.717, 1.165) is 0 Å². The summed E-state index contributed by atoms with van der Waals surface area (Å²) in [4.78, 5) is 15.9. The zero-order chi connectivity index (χ0) is 5.91. The van der Waals surface area contributed by atoms with Crippen LogP contribution >= 0.6 is 16.1 Å². The third-order valence-electron chi connectivity index (χ3n) is 0.312. The molecule has 4 nitrogen and oxygen atoms in total. The first kappa shape index (κ1) is 7.38. The fourth-order valence-electron chi connectivity index (χ4n) is 0.0971. The first-order chi connectivity index (χ1) is 3.06. The van der Waals surface area contributed by atoms with Crippen molar-refractivity contribution in [1.82, 2.24) is 0 Å². The Kier molecular flexibility index (Phi) is 2.77. The molecule has 0 saturated heterocycles. The number of hydrogen-bond donors (Lipinski definition) is 2. The summed E-state index contributed by atoms with van der Waals surface area (Å²) in [5.74, 6) is -0.465. The van der Waals surface area contributed by atoms with Crippen molar-refractivity contribution in [2.45, 2.75) is 0 Å². The molecule has 0 bridgehead atoms. The van der Waals surface area contributed by atoms with Crippen LogP contribution in [0.1, 0.15) is 0 Å². The van der Waals surface area contributed by atoms with Gasteiger partial charge >= 0.3 is 7.60 Å². The Balaban J connectivity index is 3.57. The molecular formula is CH6O4P2. The topological polar surface area (TPSA) is 74.6 Å². The van der Waals surface area contributed by atoms with Crippen LogP contribution in [-0.2, 0) is 9.13 Å². The minimum atomic E-state index is -3.94. The van der Waals surface area contributed by atoms with E-state index >= 15 is 0 Å². The summed E-state index contributed by atoms with van der Waals surface area (Å²) in [7, 11) is -5.24. The molecule has 2 N–H and O–H groups in total. The van der Waals surface area contributed by atoms with Gasteiger partial charge in [0.05, 0.1) is 14.4 Å². The first-order valence-corrected chi connectivity index (χ1v) is 4.63. The summed E-state index contributed by atoms with van der Waals surface area (Å²) in [6.45, 7) is 0. The van der Waals surface area contributed by atoms with Crippen LogP contribution in [0.15, 0.2) is 0 Å². The SMILES string of the molecule is O=[PH2]CP(=O)(O)O. The van der Waals surface area contributed by atoms with Crippen molar-refractivity contribution in [2.24, 2.45) is 0 Å². The van der Waals surface area contributed by atoms with Gasteiger partial charge < -0.3 is 14.4 Å². The molecule has 0 saturated carbocycles. The van der Waals surface area contributed by atoms with Crippen molar-refractivity contribution in [1.29, 1.82) is 0 Å². The molecule has 0 spiro atoms. The van der Waals surface area contributed by atoms with Crippen LogP contribution in [-0.4, -0.2) is 15.7 Å². The largest absolute Gasteiger partial charge is 0.332 e. The second kappa shape index (κ2) is 2.63. The standard InChI is InChI=1S/CH6O4P2/c2-6-1-7(3,4)5/h1,6H2,(H2,3,4,5). The van der Waals surface area contributed by atoms with Gasteiger partial charge in [0, 0.05) is 0 Å². The Morgan fingerprint density at radius 2 is 2.00 bits per heavy atom. The Bertz CT molecular complexity index is 102. The van der Waals surface area contributed by atoms with Crippen LogP contribution in [0.25, 0.3) is 0 Å². The molecule has 0 rings (SSSR count). The second-order valence-electron chi connectivity index (χ2n) is 1.01. The third-order valence-corrected chi connectivity index (χ3v) is 2.81. The number of hydrogen-bond acceptors (Lipinski definition) is 2. The highest BCUT2D eigenvalue weighted by molar-refractivity contribution is 7.60. The molecule has 1 atom stereocenters. The molecule has 6 heteroatoms. The highest BCUT2D eigenvalue weighted by atomic mass is 31.2. The molecule has 0 heterocycles. The van der Waals surface area contributed by atoms with Crippen LogP contribution < -0.4 is 0 Å². The van der Waals surface area contributed by atoms with Crippen molar-refractivity contribution in [2.75, 3.05) is 5.90 Å². The fraction of sp³-hybridized carbons (Fsp3) is 1.00. The minimum Gasteiger partial charge on any atom is -0.329 e. The second-order valence-corrected chi connectivity index (χ2v) is 4.14. The monoisotopic (exact) mass is 144 g/mol. The van der Waals surface area contributed by atoms with E-state index in [-0.39, 0.29) is 0 Å². The molecule has 0 aliphatic rings. The summed E-state index contributed by atoms with van der Waals surface area (Å²) < 4.78 is 19.3.